The summed E-state index contributed by atoms with van der Waals surface area (Å²) in [7, 11) is 3.26. The molecule has 0 unspecified atom stereocenters. The third kappa shape index (κ3) is 3.93. The largest absolute Gasteiger partial charge is 0.385 e. The highest BCUT2D eigenvalue weighted by atomic mass is 16.5. The van der Waals surface area contributed by atoms with E-state index in [0.717, 1.165) is 12.0 Å². The minimum absolute atomic E-state index is 0.178. The van der Waals surface area contributed by atoms with Crippen LogP contribution < -0.4 is 10.9 Å². The van der Waals surface area contributed by atoms with Gasteiger partial charge in [0.05, 0.1) is 5.39 Å². The van der Waals surface area contributed by atoms with Crippen LogP contribution in [0.25, 0.3) is 16.7 Å². The summed E-state index contributed by atoms with van der Waals surface area (Å²) >= 11 is 0. The average molecular weight is 386 g/mol. The number of methoxy groups -OCH3 is 2. The highest BCUT2D eigenvalue weighted by Gasteiger charge is 2.19. The summed E-state index contributed by atoms with van der Waals surface area (Å²) in [5, 5.41) is 3.32. The van der Waals surface area contributed by atoms with Gasteiger partial charge >= 0.3 is 0 Å². The van der Waals surface area contributed by atoms with Crippen molar-refractivity contribution in [3.63, 3.8) is 0 Å². The summed E-state index contributed by atoms with van der Waals surface area (Å²) in [5.74, 6) is -0.225. The van der Waals surface area contributed by atoms with Gasteiger partial charge in [0.1, 0.15) is 17.0 Å². The van der Waals surface area contributed by atoms with Crippen molar-refractivity contribution >= 4 is 22.6 Å². The fraction of sp³-hybridized carbons (Fsp3) is 0.450. The van der Waals surface area contributed by atoms with Gasteiger partial charge in [0, 0.05) is 46.7 Å². The number of carbonyl (C=O) groups excluding carboxylic acids is 1. The van der Waals surface area contributed by atoms with Crippen LogP contribution >= 0.6 is 0 Å². The SMILES string of the molecule is COCCCNC(=O)c1cc2c(=O)n3cccc(C)c3nc2n1CCCOC. The lowest BCUT2D eigenvalue weighted by Crippen LogP contribution is -2.27. The van der Waals surface area contributed by atoms with Gasteiger partial charge in [0.15, 0.2) is 0 Å². The summed E-state index contributed by atoms with van der Waals surface area (Å²) in [4.78, 5) is 30.5. The molecular formula is C20H26N4O4. The minimum atomic E-state index is -0.225. The van der Waals surface area contributed by atoms with E-state index in [4.69, 9.17) is 14.5 Å². The number of fused-ring (bicyclic) bond motifs is 2. The fourth-order valence-electron chi connectivity index (χ4n) is 3.25. The van der Waals surface area contributed by atoms with Gasteiger partial charge in [-0.05, 0) is 37.5 Å². The number of aryl methyl sites for hydroxylation is 2. The first-order valence-electron chi connectivity index (χ1n) is 9.35. The van der Waals surface area contributed by atoms with E-state index in [1.165, 1.54) is 4.40 Å². The molecule has 3 aromatic rings. The normalized spacial score (nSPS) is 11.4. The first-order valence-corrected chi connectivity index (χ1v) is 9.35. The minimum Gasteiger partial charge on any atom is -0.385 e. The number of pyridine rings is 1. The molecule has 0 saturated heterocycles. The number of ether oxygens (including phenoxy) is 2. The van der Waals surface area contributed by atoms with Crippen LogP contribution in [-0.2, 0) is 16.0 Å². The number of aromatic nitrogens is 3. The lowest BCUT2D eigenvalue weighted by atomic mass is 10.3. The van der Waals surface area contributed by atoms with E-state index in [-0.39, 0.29) is 11.5 Å². The van der Waals surface area contributed by atoms with E-state index in [9.17, 15) is 9.59 Å². The summed E-state index contributed by atoms with van der Waals surface area (Å²) < 4.78 is 13.5. The number of hydrogen-bond donors (Lipinski definition) is 1. The van der Waals surface area contributed by atoms with Gasteiger partial charge in [-0.2, -0.15) is 0 Å². The molecule has 0 fully saturated rings. The number of carbonyl (C=O) groups is 1. The molecule has 0 spiro atoms. The third-order valence-corrected chi connectivity index (χ3v) is 4.67. The van der Waals surface area contributed by atoms with Crippen LogP contribution in [0.2, 0.25) is 0 Å². The van der Waals surface area contributed by atoms with Crippen molar-refractivity contribution in [2.75, 3.05) is 34.0 Å². The molecular weight excluding hydrogens is 360 g/mol. The zero-order valence-corrected chi connectivity index (χ0v) is 16.5. The number of nitrogens with zero attached hydrogens (tertiary/aromatic N) is 3. The molecule has 3 heterocycles. The van der Waals surface area contributed by atoms with Gasteiger partial charge in [-0.3, -0.25) is 14.0 Å². The molecule has 3 rings (SSSR count). The van der Waals surface area contributed by atoms with Crippen molar-refractivity contribution in [3.8, 4) is 0 Å². The quantitative estimate of drug-likeness (QED) is 0.566. The second-order valence-electron chi connectivity index (χ2n) is 6.67. The number of rotatable bonds is 9. The zero-order valence-electron chi connectivity index (χ0n) is 16.5. The van der Waals surface area contributed by atoms with Crippen molar-refractivity contribution in [1.82, 2.24) is 19.3 Å². The van der Waals surface area contributed by atoms with Crippen molar-refractivity contribution in [2.45, 2.75) is 26.3 Å². The molecule has 28 heavy (non-hydrogen) atoms. The van der Waals surface area contributed by atoms with E-state index in [0.29, 0.717) is 55.1 Å². The van der Waals surface area contributed by atoms with Gasteiger partial charge in [-0.1, -0.05) is 6.07 Å². The van der Waals surface area contributed by atoms with Crippen molar-refractivity contribution in [1.29, 1.82) is 0 Å². The van der Waals surface area contributed by atoms with Crippen LogP contribution in [0, 0.1) is 6.92 Å². The Labute approximate surface area is 163 Å². The van der Waals surface area contributed by atoms with Crippen LogP contribution in [-0.4, -0.2) is 53.8 Å². The molecule has 0 aliphatic rings. The predicted molar refractivity (Wildman–Crippen MR) is 107 cm³/mol. The molecule has 0 aromatic carbocycles. The Morgan fingerprint density at radius 3 is 2.68 bits per heavy atom. The molecule has 1 N–H and O–H groups in total. The molecule has 150 valence electrons. The van der Waals surface area contributed by atoms with Gasteiger partial charge in [-0.25, -0.2) is 4.98 Å². The second kappa shape index (κ2) is 8.99. The van der Waals surface area contributed by atoms with Crippen molar-refractivity contribution in [3.05, 3.63) is 46.0 Å². The standard InChI is InChI=1S/C20H26N4O4/c1-14-7-4-9-24-17(14)22-18-15(20(24)26)13-16(23(18)10-6-12-28-3)19(25)21-8-5-11-27-2/h4,7,9,13H,5-6,8,10-12H2,1-3H3,(H,21,25). The Morgan fingerprint density at radius 2 is 1.93 bits per heavy atom. The molecule has 3 aromatic heterocycles. The maximum atomic E-state index is 13.0. The maximum absolute atomic E-state index is 13.0. The summed E-state index contributed by atoms with van der Waals surface area (Å²) in [6.45, 7) is 4.08. The Hall–Kier alpha value is -2.71. The van der Waals surface area contributed by atoms with Crippen molar-refractivity contribution < 1.29 is 14.3 Å². The Morgan fingerprint density at radius 1 is 1.18 bits per heavy atom. The van der Waals surface area contributed by atoms with Crippen LogP contribution in [0.1, 0.15) is 28.9 Å². The number of amides is 1. The first kappa shape index (κ1) is 20.0. The summed E-state index contributed by atoms with van der Waals surface area (Å²) in [5.41, 5.74) is 2.27. The van der Waals surface area contributed by atoms with Gasteiger partial charge in [0.25, 0.3) is 11.5 Å². The molecule has 0 radical (unpaired) electrons. The highest BCUT2D eigenvalue weighted by Crippen LogP contribution is 2.18. The molecule has 8 nitrogen and oxygen atoms in total. The smallest absolute Gasteiger partial charge is 0.267 e. The van der Waals surface area contributed by atoms with Crippen LogP contribution in [0.5, 0.6) is 0 Å². The summed E-state index contributed by atoms with van der Waals surface area (Å²) in [6.07, 6.45) is 3.12. The third-order valence-electron chi connectivity index (χ3n) is 4.67. The second-order valence-corrected chi connectivity index (χ2v) is 6.67. The molecule has 8 heteroatoms. The molecule has 1 amide bonds. The topological polar surface area (TPSA) is 86.9 Å². The Bertz CT molecular complexity index is 1040. The maximum Gasteiger partial charge on any atom is 0.267 e. The summed E-state index contributed by atoms with van der Waals surface area (Å²) in [6, 6.07) is 5.36. The lowest BCUT2D eigenvalue weighted by Gasteiger charge is -2.11. The van der Waals surface area contributed by atoms with E-state index in [1.54, 1.807) is 26.5 Å². The van der Waals surface area contributed by atoms with Crippen molar-refractivity contribution in [2.24, 2.45) is 0 Å². The van der Waals surface area contributed by atoms with Crippen LogP contribution in [0.15, 0.2) is 29.2 Å². The average Bonchev–Trinajstić information content (AvgIpc) is 3.05. The van der Waals surface area contributed by atoms with Crippen LogP contribution in [0.3, 0.4) is 0 Å². The van der Waals surface area contributed by atoms with Gasteiger partial charge < -0.3 is 19.4 Å². The first-order chi connectivity index (χ1) is 13.6. The van der Waals surface area contributed by atoms with E-state index in [2.05, 4.69) is 5.32 Å². The molecule has 0 atom stereocenters. The molecule has 0 aliphatic carbocycles. The fourth-order valence-corrected chi connectivity index (χ4v) is 3.25. The van der Waals surface area contributed by atoms with E-state index < -0.39 is 0 Å². The monoisotopic (exact) mass is 386 g/mol. The zero-order chi connectivity index (χ0) is 20.1. The number of nitrogens with one attached hydrogen (secondary N) is 1. The van der Waals surface area contributed by atoms with Gasteiger partial charge in [0.2, 0.25) is 0 Å². The van der Waals surface area contributed by atoms with E-state index in [1.807, 2.05) is 23.6 Å². The Kier molecular flexibility index (Phi) is 6.43. The van der Waals surface area contributed by atoms with E-state index >= 15 is 0 Å². The molecule has 0 saturated carbocycles. The molecule has 0 aliphatic heterocycles. The number of hydrogen-bond acceptors (Lipinski definition) is 5. The Balaban J connectivity index is 2.08. The predicted octanol–water partition coefficient (Wildman–Crippen LogP) is 1.76. The highest BCUT2D eigenvalue weighted by molar-refractivity contribution is 5.98. The molecule has 0 bridgehead atoms. The van der Waals surface area contributed by atoms with Gasteiger partial charge in [-0.15, -0.1) is 0 Å². The van der Waals surface area contributed by atoms with Crippen LogP contribution in [0.4, 0.5) is 0 Å². The lowest BCUT2D eigenvalue weighted by molar-refractivity contribution is 0.0938.